The number of rotatable bonds is 3. The lowest BCUT2D eigenvalue weighted by Crippen LogP contribution is -2.11. The molecule has 0 atom stereocenters. The van der Waals surface area contributed by atoms with Crippen LogP contribution in [0.2, 0.25) is 0 Å². The third-order valence-electron chi connectivity index (χ3n) is 3.70. The van der Waals surface area contributed by atoms with Gasteiger partial charge in [-0.05, 0) is 48.5 Å². The Labute approximate surface area is 157 Å². The van der Waals surface area contributed by atoms with Gasteiger partial charge in [0, 0.05) is 34.8 Å². The average Bonchev–Trinajstić information content (AvgIpc) is 2.73. The van der Waals surface area contributed by atoms with Gasteiger partial charge in [0.25, 0.3) is 5.91 Å². The maximum atomic E-state index is 12.2. The number of pyridine rings is 1. The smallest absolute Gasteiger partial charge is 0.337 e. The van der Waals surface area contributed by atoms with E-state index >= 15 is 0 Å². The van der Waals surface area contributed by atoms with Crippen LogP contribution in [0, 0.1) is 11.8 Å². The Balaban J connectivity index is 1.76. The van der Waals surface area contributed by atoms with Gasteiger partial charge in [0.2, 0.25) is 0 Å². The Morgan fingerprint density at radius 2 is 1.56 bits per heavy atom. The standard InChI is InChI=1S/C22H16N2O3/c1-27-22(26)19-6-2-4-16(14-19)8-9-17-5-3-7-20(15-17)24-21(25)18-10-12-23-13-11-18/h2-7,10-15H,1H3,(H,24,25). The van der Waals surface area contributed by atoms with Crippen LogP contribution >= 0.6 is 0 Å². The first-order valence-corrected chi connectivity index (χ1v) is 8.17. The van der Waals surface area contributed by atoms with Crippen LogP contribution in [0.25, 0.3) is 0 Å². The number of carbonyl (C=O) groups excluding carboxylic acids is 2. The van der Waals surface area contributed by atoms with Gasteiger partial charge >= 0.3 is 5.97 Å². The molecule has 1 aromatic heterocycles. The molecule has 0 fully saturated rings. The number of amides is 1. The van der Waals surface area contributed by atoms with E-state index in [4.69, 9.17) is 4.74 Å². The molecule has 0 aliphatic carbocycles. The maximum absolute atomic E-state index is 12.2. The van der Waals surface area contributed by atoms with Crippen molar-refractivity contribution in [1.29, 1.82) is 0 Å². The summed E-state index contributed by atoms with van der Waals surface area (Å²) in [6.45, 7) is 0. The van der Waals surface area contributed by atoms with Gasteiger partial charge in [0.1, 0.15) is 0 Å². The lowest BCUT2D eigenvalue weighted by Gasteiger charge is -2.05. The van der Waals surface area contributed by atoms with Crippen molar-refractivity contribution in [3.63, 3.8) is 0 Å². The van der Waals surface area contributed by atoms with Crippen molar-refractivity contribution in [3.8, 4) is 11.8 Å². The Bertz CT molecular complexity index is 1030. The van der Waals surface area contributed by atoms with Gasteiger partial charge in [-0.2, -0.15) is 0 Å². The zero-order chi connectivity index (χ0) is 19.1. The summed E-state index contributed by atoms with van der Waals surface area (Å²) in [4.78, 5) is 27.7. The summed E-state index contributed by atoms with van der Waals surface area (Å²) in [6, 6.07) is 17.4. The molecule has 1 amide bonds. The predicted octanol–water partition coefficient (Wildman–Crippen LogP) is 3.52. The second-order valence-electron chi connectivity index (χ2n) is 5.59. The van der Waals surface area contributed by atoms with Crippen molar-refractivity contribution in [2.75, 3.05) is 12.4 Å². The molecule has 5 heteroatoms. The third kappa shape index (κ3) is 4.80. The molecular weight excluding hydrogens is 340 g/mol. The van der Waals surface area contributed by atoms with Crippen LogP contribution in [0.5, 0.6) is 0 Å². The summed E-state index contributed by atoms with van der Waals surface area (Å²) in [5, 5.41) is 2.83. The number of ether oxygens (including phenoxy) is 1. The summed E-state index contributed by atoms with van der Waals surface area (Å²) < 4.78 is 4.71. The van der Waals surface area contributed by atoms with Crippen molar-refractivity contribution in [1.82, 2.24) is 4.98 Å². The average molecular weight is 356 g/mol. The number of nitrogens with one attached hydrogen (secondary N) is 1. The van der Waals surface area contributed by atoms with E-state index in [9.17, 15) is 9.59 Å². The first-order valence-electron chi connectivity index (χ1n) is 8.17. The molecular formula is C22H16N2O3. The third-order valence-corrected chi connectivity index (χ3v) is 3.70. The molecule has 0 aliphatic rings. The summed E-state index contributed by atoms with van der Waals surface area (Å²) in [5.74, 6) is 5.43. The number of carbonyl (C=O) groups is 2. The molecule has 0 saturated carbocycles. The second kappa shape index (κ2) is 8.45. The summed E-state index contributed by atoms with van der Waals surface area (Å²) >= 11 is 0. The number of nitrogens with zero attached hydrogens (tertiary/aromatic N) is 1. The molecule has 0 aliphatic heterocycles. The fraction of sp³-hybridized carbons (Fsp3) is 0.0455. The Morgan fingerprint density at radius 3 is 2.26 bits per heavy atom. The summed E-state index contributed by atoms with van der Waals surface area (Å²) in [6.07, 6.45) is 3.14. The van der Waals surface area contributed by atoms with Gasteiger partial charge in [0.15, 0.2) is 0 Å². The molecule has 0 radical (unpaired) electrons. The molecule has 0 spiro atoms. The molecule has 3 aromatic rings. The summed E-state index contributed by atoms with van der Waals surface area (Å²) in [7, 11) is 1.34. The van der Waals surface area contributed by atoms with E-state index in [0.29, 0.717) is 22.4 Å². The van der Waals surface area contributed by atoms with E-state index in [1.54, 1.807) is 54.9 Å². The zero-order valence-corrected chi connectivity index (χ0v) is 14.6. The Kier molecular flexibility index (Phi) is 5.60. The highest BCUT2D eigenvalue weighted by Crippen LogP contribution is 2.12. The molecule has 0 saturated heterocycles. The van der Waals surface area contributed by atoms with Crippen molar-refractivity contribution in [3.05, 3.63) is 95.3 Å². The van der Waals surface area contributed by atoms with Crippen molar-refractivity contribution >= 4 is 17.6 Å². The lowest BCUT2D eigenvalue weighted by molar-refractivity contribution is 0.0600. The van der Waals surface area contributed by atoms with Crippen LogP contribution in [0.15, 0.2) is 73.1 Å². The van der Waals surface area contributed by atoms with Crippen molar-refractivity contribution in [2.24, 2.45) is 0 Å². The quantitative estimate of drug-likeness (QED) is 0.576. The number of hydrogen-bond donors (Lipinski definition) is 1. The topological polar surface area (TPSA) is 68.3 Å². The number of esters is 1. The van der Waals surface area contributed by atoms with E-state index in [1.165, 1.54) is 7.11 Å². The van der Waals surface area contributed by atoms with E-state index in [2.05, 4.69) is 22.1 Å². The van der Waals surface area contributed by atoms with Crippen molar-refractivity contribution in [2.45, 2.75) is 0 Å². The van der Waals surface area contributed by atoms with Gasteiger partial charge in [-0.25, -0.2) is 4.79 Å². The monoisotopic (exact) mass is 356 g/mol. The van der Waals surface area contributed by atoms with Gasteiger partial charge in [-0.3, -0.25) is 9.78 Å². The van der Waals surface area contributed by atoms with Crippen LogP contribution in [0.4, 0.5) is 5.69 Å². The Hall–Kier alpha value is -3.91. The minimum Gasteiger partial charge on any atom is -0.465 e. The highest BCUT2D eigenvalue weighted by molar-refractivity contribution is 6.04. The summed E-state index contributed by atoms with van der Waals surface area (Å²) in [5.41, 5.74) is 3.06. The number of hydrogen-bond acceptors (Lipinski definition) is 4. The highest BCUT2D eigenvalue weighted by atomic mass is 16.5. The highest BCUT2D eigenvalue weighted by Gasteiger charge is 2.06. The number of anilines is 1. The van der Waals surface area contributed by atoms with Gasteiger partial charge in [0.05, 0.1) is 12.7 Å². The molecule has 5 nitrogen and oxygen atoms in total. The van der Waals surface area contributed by atoms with Gasteiger partial charge in [-0.15, -0.1) is 0 Å². The molecule has 1 N–H and O–H groups in total. The fourth-order valence-corrected chi connectivity index (χ4v) is 2.37. The van der Waals surface area contributed by atoms with Crippen LogP contribution in [-0.4, -0.2) is 24.0 Å². The van der Waals surface area contributed by atoms with Gasteiger partial charge in [-0.1, -0.05) is 24.0 Å². The van der Waals surface area contributed by atoms with Crippen LogP contribution in [-0.2, 0) is 4.74 Å². The maximum Gasteiger partial charge on any atom is 0.337 e. The Morgan fingerprint density at radius 1 is 0.889 bits per heavy atom. The minimum absolute atomic E-state index is 0.215. The molecule has 27 heavy (non-hydrogen) atoms. The lowest BCUT2D eigenvalue weighted by atomic mass is 10.1. The predicted molar refractivity (Wildman–Crippen MR) is 102 cm³/mol. The fourth-order valence-electron chi connectivity index (χ4n) is 2.37. The number of aromatic nitrogens is 1. The van der Waals surface area contributed by atoms with Crippen LogP contribution in [0.1, 0.15) is 31.8 Å². The van der Waals surface area contributed by atoms with E-state index < -0.39 is 5.97 Å². The largest absolute Gasteiger partial charge is 0.465 e. The molecule has 1 heterocycles. The van der Waals surface area contributed by atoms with E-state index in [1.807, 2.05) is 18.2 Å². The normalized spacial score (nSPS) is 9.67. The van der Waals surface area contributed by atoms with E-state index in [0.717, 1.165) is 5.56 Å². The van der Waals surface area contributed by atoms with E-state index in [-0.39, 0.29) is 5.91 Å². The van der Waals surface area contributed by atoms with Crippen molar-refractivity contribution < 1.29 is 14.3 Å². The number of methoxy groups -OCH3 is 1. The molecule has 2 aromatic carbocycles. The minimum atomic E-state index is -0.403. The second-order valence-corrected chi connectivity index (χ2v) is 5.59. The number of benzene rings is 2. The van der Waals surface area contributed by atoms with Gasteiger partial charge < -0.3 is 10.1 Å². The molecule has 3 rings (SSSR count). The molecule has 132 valence electrons. The SMILES string of the molecule is COC(=O)c1cccc(C#Cc2cccc(NC(=O)c3ccncc3)c2)c1. The van der Waals surface area contributed by atoms with Crippen LogP contribution in [0.3, 0.4) is 0 Å². The first-order chi connectivity index (χ1) is 13.2. The van der Waals surface area contributed by atoms with Crippen LogP contribution < -0.4 is 5.32 Å². The molecule has 0 unspecified atom stereocenters. The molecule has 0 bridgehead atoms. The first kappa shape index (κ1) is 17.9. The zero-order valence-electron chi connectivity index (χ0n) is 14.6.